The van der Waals surface area contributed by atoms with Crippen LogP contribution in [0.4, 0.5) is 0 Å². The topological polar surface area (TPSA) is 12.9 Å². The van der Waals surface area contributed by atoms with Gasteiger partial charge in [0.25, 0.3) is 0 Å². The Labute approximate surface area is 80.3 Å². The lowest BCUT2D eigenvalue weighted by molar-refractivity contribution is 1.09. The van der Waals surface area contributed by atoms with E-state index >= 15 is 0 Å². The van der Waals surface area contributed by atoms with E-state index in [2.05, 4.69) is 4.98 Å². The van der Waals surface area contributed by atoms with E-state index in [1.165, 1.54) is 0 Å². The zero-order valence-electron chi connectivity index (χ0n) is 5.60. The number of pyridine rings is 1. The molecule has 0 aliphatic rings. The van der Waals surface area contributed by atoms with E-state index in [4.69, 9.17) is 34.8 Å². The van der Waals surface area contributed by atoms with E-state index < -0.39 is 4.84 Å². The van der Waals surface area contributed by atoms with Crippen molar-refractivity contribution >= 4 is 34.8 Å². The van der Waals surface area contributed by atoms with E-state index in [9.17, 15) is 0 Å². The van der Waals surface area contributed by atoms with Crippen molar-refractivity contribution in [2.45, 2.75) is 10.7 Å². The average molecular weight is 210 g/mol. The van der Waals surface area contributed by atoms with Crippen LogP contribution in [-0.4, -0.2) is 4.98 Å². The van der Waals surface area contributed by atoms with Crippen LogP contribution in [0.2, 0.25) is 0 Å². The van der Waals surface area contributed by atoms with Gasteiger partial charge in [-0.2, -0.15) is 0 Å². The Morgan fingerprint density at radius 1 is 1.45 bits per heavy atom. The molecule has 1 nitrogen and oxygen atoms in total. The van der Waals surface area contributed by atoms with Gasteiger partial charge in [-0.15, -0.1) is 11.6 Å². The van der Waals surface area contributed by atoms with Crippen molar-refractivity contribution in [2.24, 2.45) is 0 Å². The fourth-order valence-electron chi connectivity index (χ4n) is 0.760. The molecule has 0 unspecified atom stereocenters. The summed E-state index contributed by atoms with van der Waals surface area (Å²) in [4.78, 5) is 3.41. The molecule has 0 bridgehead atoms. The second kappa shape index (κ2) is 4.15. The molecule has 0 saturated carbocycles. The van der Waals surface area contributed by atoms with Crippen molar-refractivity contribution in [3.8, 4) is 0 Å². The summed E-state index contributed by atoms with van der Waals surface area (Å²) in [5, 5.41) is 0. The fourth-order valence-corrected chi connectivity index (χ4v) is 1.38. The Kier molecular flexibility index (Phi) is 3.44. The molecule has 0 saturated heterocycles. The van der Waals surface area contributed by atoms with E-state index in [1.54, 1.807) is 12.3 Å². The van der Waals surface area contributed by atoms with Crippen LogP contribution < -0.4 is 0 Å². The number of rotatable bonds is 2. The number of hydrogen-bond acceptors (Lipinski definition) is 1. The van der Waals surface area contributed by atoms with Crippen LogP contribution >= 0.6 is 34.8 Å². The van der Waals surface area contributed by atoms with Crippen LogP contribution in [0.15, 0.2) is 18.3 Å². The minimum atomic E-state index is -0.593. The summed E-state index contributed by atoms with van der Waals surface area (Å²) in [6, 6.07) is 3.66. The summed E-state index contributed by atoms with van der Waals surface area (Å²) >= 11 is 16.9. The molecule has 0 N–H and O–H groups in total. The van der Waals surface area contributed by atoms with Crippen molar-refractivity contribution < 1.29 is 0 Å². The Morgan fingerprint density at radius 2 is 2.18 bits per heavy atom. The van der Waals surface area contributed by atoms with Gasteiger partial charge in [-0.3, -0.25) is 4.98 Å². The normalized spacial score (nSPS) is 10.5. The minimum absolute atomic E-state index is 0.388. The molecule has 1 heterocycles. The monoisotopic (exact) mass is 209 g/mol. The van der Waals surface area contributed by atoms with E-state index in [-0.39, 0.29) is 0 Å². The van der Waals surface area contributed by atoms with Crippen LogP contribution in [0.25, 0.3) is 0 Å². The molecule has 0 fully saturated rings. The summed E-state index contributed by atoms with van der Waals surface area (Å²) in [6.45, 7) is 0. The first kappa shape index (κ1) is 9.11. The smallest absolute Gasteiger partial charge is 0.149 e. The van der Waals surface area contributed by atoms with Gasteiger partial charge in [0, 0.05) is 12.1 Å². The maximum absolute atomic E-state index is 5.63. The largest absolute Gasteiger partial charge is 0.258 e. The molecule has 4 heteroatoms. The SMILES string of the molecule is ClCc1cccnc1C(Cl)Cl. The fraction of sp³-hybridized carbons (Fsp3) is 0.286. The van der Waals surface area contributed by atoms with Gasteiger partial charge in [-0.05, 0) is 11.6 Å². The van der Waals surface area contributed by atoms with Crippen LogP contribution in [0.3, 0.4) is 0 Å². The third kappa shape index (κ3) is 2.22. The maximum Gasteiger partial charge on any atom is 0.149 e. The van der Waals surface area contributed by atoms with Crippen LogP contribution in [0.1, 0.15) is 16.1 Å². The number of alkyl halides is 3. The first-order valence-electron chi connectivity index (χ1n) is 3.03. The van der Waals surface area contributed by atoms with E-state index in [0.717, 1.165) is 5.56 Å². The molecule has 1 rings (SSSR count). The molecule has 11 heavy (non-hydrogen) atoms. The Bertz CT molecular complexity index is 237. The highest BCUT2D eigenvalue weighted by atomic mass is 35.5. The molecule has 0 amide bonds. The quantitative estimate of drug-likeness (QED) is 0.683. The Morgan fingerprint density at radius 3 is 2.64 bits per heavy atom. The lowest BCUT2D eigenvalue weighted by atomic mass is 10.2. The highest BCUT2D eigenvalue weighted by Gasteiger charge is 2.08. The van der Waals surface area contributed by atoms with Gasteiger partial charge in [-0.1, -0.05) is 29.3 Å². The Hall–Kier alpha value is 0.0200. The van der Waals surface area contributed by atoms with Gasteiger partial charge in [-0.25, -0.2) is 0 Å². The molecule has 1 aromatic rings. The summed E-state index contributed by atoms with van der Waals surface area (Å²) in [6.07, 6.45) is 1.64. The zero-order chi connectivity index (χ0) is 8.27. The molecule has 60 valence electrons. The highest BCUT2D eigenvalue weighted by molar-refractivity contribution is 6.44. The van der Waals surface area contributed by atoms with Crippen molar-refractivity contribution in [1.82, 2.24) is 4.98 Å². The van der Waals surface area contributed by atoms with Gasteiger partial charge >= 0.3 is 0 Å². The minimum Gasteiger partial charge on any atom is -0.258 e. The second-order valence-corrected chi connectivity index (χ2v) is 3.35. The Balaban J connectivity index is 3.02. The molecule has 0 aliphatic heterocycles. The average Bonchev–Trinajstić information content (AvgIpc) is 2.04. The molecule has 0 aliphatic carbocycles. The number of aromatic nitrogens is 1. The summed E-state index contributed by atoms with van der Waals surface area (Å²) in [7, 11) is 0. The van der Waals surface area contributed by atoms with E-state index in [1.807, 2.05) is 6.07 Å². The summed E-state index contributed by atoms with van der Waals surface area (Å²) in [5.41, 5.74) is 1.52. The number of halogens is 3. The molecule has 0 radical (unpaired) electrons. The van der Waals surface area contributed by atoms with Gasteiger partial charge in [0.15, 0.2) is 0 Å². The molecular formula is C7H6Cl3N. The lowest BCUT2D eigenvalue weighted by Crippen LogP contribution is -1.93. The summed E-state index contributed by atoms with van der Waals surface area (Å²) < 4.78 is 0. The highest BCUT2D eigenvalue weighted by Crippen LogP contribution is 2.26. The van der Waals surface area contributed by atoms with Gasteiger partial charge in [0.2, 0.25) is 0 Å². The molecule has 0 atom stereocenters. The van der Waals surface area contributed by atoms with Crippen LogP contribution in [0.5, 0.6) is 0 Å². The third-order valence-corrected chi connectivity index (χ3v) is 1.98. The standard InChI is InChI=1S/C7H6Cl3N/c8-4-5-2-1-3-11-6(5)7(9)10/h1-3,7H,4H2. The number of hydrogen-bond donors (Lipinski definition) is 0. The predicted molar refractivity (Wildman–Crippen MR) is 48.2 cm³/mol. The predicted octanol–water partition coefficient (Wildman–Crippen LogP) is 3.30. The van der Waals surface area contributed by atoms with Crippen molar-refractivity contribution in [1.29, 1.82) is 0 Å². The molecule has 0 aromatic carbocycles. The molecule has 0 spiro atoms. The van der Waals surface area contributed by atoms with Gasteiger partial charge in [0.05, 0.1) is 5.69 Å². The first-order valence-corrected chi connectivity index (χ1v) is 4.44. The second-order valence-electron chi connectivity index (χ2n) is 1.98. The molecule has 1 aromatic heterocycles. The zero-order valence-corrected chi connectivity index (χ0v) is 7.87. The third-order valence-electron chi connectivity index (χ3n) is 1.28. The van der Waals surface area contributed by atoms with E-state index in [0.29, 0.717) is 11.6 Å². The van der Waals surface area contributed by atoms with Crippen LogP contribution in [0, 0.1) is 0 Å². The van der Waals surface area contributed by atoms with Crippen LogP contribution in [-0.2, 0) is 5.88 Å². The maximum atomic E-state index is 5.63. The first-order chi connectivity index (χ1) is 5.25. The van der Waals surface area contributed by atoms with Gasteiger partial charge < -0.3 is 0 Å². The number of nitrogens with zero attached hydrogens (tertiary/aromatic N) is 1. The lowest BCUT2D eigenvalue weighted by Gasteiger charge is -2.04. The van der Waals surface area contributed by atoms with Crippen molar-refractivity contribution in [3.05, 3.63) is 29.6 Å². The van der Waals surface area contributed by atoms with Gasteiger partial charge in [0.1, 0.15) is 4.84 Å². The molecular weight excluding hydrogens is 204 g/mol. The van der Waals surface area contributed by atoms with Crippen molar-refractivity contribution in [2.75, 3.05) is 0 Å². The summed E-state index contributed by atoms with van der Waals surface area (Å²) in [5.74, 6) is 0.388. The van der Waals surface area contributed by atoms with Crippen molar-refractivity contribution in [3.63, 3.8) is 0 Å².